The zero-order valence-corrected chi connectivity index (χ0v) is 14.5. The number of amides is 2. The number of aromatic amines is 1. The monoisotopic (exact) mass is 325 g/mol. The van der Waals surface area contributed by atoms with Crippen molar-refractivity contribution in [1.29, 1.82) is 0 Å². The first-order valence-corrected chi connectivity index (χ1v) is 8.08. The molecule has 1 atom stereocenters. The zero-order valence-electron chi connectivity index (χ0n) is 14.5. The van der Waals surface area contributed by atoms with E-state index in [0.29, 0.717) is 0 Å². The topological polar surface area (TPSA) is 74.7 Å². The van der Waals surface area contributed by atoms with Crippen LogP contribution in [0, 0.1) is 13.8 Å². The molecule has 0 unspecified atom stereocenters. The van der Waals surface area contributed by atoms with Gasteiger partial charge < -0.3 is 15.6 Å². The Bertz CT molecular complexity index is 877. The van der Waals surface area contributed by atoms with E-state index >= 15 is 0 Å². The summed E-state index contributed by atoms with van der Waals surface area (Å²) in [5.74, 6) is 0. The lowest BCUT2D eigenvalue weighted by Crippen LogP contribution is -2.37. The van der Waals surface area contributed by atoms with Gasteiger partial charge >= 0.3 is 6.03 Å². The minimum absolute atomic E-state index is 0.0111. The van der Waals surface area contributed by atoms with Gasteiger partial charge in [0.1, 0.15) is 0 Å². The van der Waals surface area contributed by atoms with Crippen LogP contribution in [0.2, 0.25) is 0 Å². The molecule has 0 radical (unpaired) electrons. The number of fused-ring (bicyclic) bond motifs is 1. The normalized spacial score (nSPS) is 12.3. The van der Waals surface area contributed by atoms with Gasteiger partial charge in [0, 0.05) is 35.9 Å². The predicted octanol–water partition coefficient (Wildman–Crippen LogP) is 3.27. The molecule has 0 aliphatic heterocycles. The van der Waals surface area contributed by atoms with Crippen LogP contribution in [0.25, 0.3) is 10.9 Å². The fraction of sp³-hybridized carbons (Fsp3) is 0.333. The van der Waals surface area contributed by atoms with Crippen molar-refractivity contribution in [3.63, 3.8) is 0 Å². The number of rotatable bonds is 4. The lowest BCUT2D eigenvalue weighted by Gasteiger charge is -2.15. The highest BCUT2D eigenvalue weighted by Crippen LogP contribution is 2.22. The lowest BCUT2D eigenvalue weighted by atomic mass is 10.1. The molecule has 0 spiro atoms. The number of carbonyl (C=O) groups excluding carboxylic acids is 1. The summed E-state index contributed by atoms with van der Waals surface area (Å²) in [6, 6.07) is 7.56. The van der Waals surface area contributed by atoms with Crippen molar-refractivity contribution in [2.24, 2.45) is 7.05 Å². The molecule has 0 fully saturated rings. The Morgan fingerprint density at radius 1 is 1.33 bits per heavy atom. The van der Waals surface area contributed by atoms with Gasteiger partial charge in [0.15, 0.2) is 0 Å². The maximum atomic E-state index is 12.3. The third kappa shape index (κ3) is 3.13. The third-order valence-corrected chi connectivity index (χ3v) is 4.39. The summed E-state index contributed by atoms with van der Waals surface area (Å²) in [5.41, 5.74) is 5.15. The molecule has 3 rings (SSSR count). The maximum absolute atomic E-state index is 12.3. The number of hydrogen-bond donors (Lipinski definition) is 3. The smallest absolute Gasteiger partial charge is 0.319 e. The standard InChI is InChI=1S/C18H23N5O/c1-11(10-15-12(2)22-23(4)13(15)3)20-18(24)21-17-7-5-6-16-14(17)8-9-19-16/h5-9,11,19H,10H2,1-4H3,(H2,20,21,24)/t11-/m0/s1. The Kier molecular flexibility index (Phi) is 4.29. The minimum Gasteiger partial charge on any atom is -0.361 e. The number of carbonyl (C=O) groups is 1. The van der Waals surface area contributed by atoms with Crippen LogP contribution in [0.15, 0.2) is 30.5 Å². The number of aryl methyl sites for hydroxylation is 2. The lowest BCUT2D eigenvalue weighted by molar-refractivity contribution is 0.249. The summed E-state index contributed by atoms with van der Waals surface area (Å²) in [6.45, 7) is 6.05. The molecular formula is C18H23N5O. The molecule has 1 aromatic carbocycles. The predicted molar refractivity (Wildman–Crippen MR) is 96.3 cm³/mol. The summed E-state index contributed by atoms with van der Waals surface area (Å²) in [6.07, 6.45) is 2.62. The van der Waals surface area contributed by atoms with Crippen molar-refractivity contribution in [1.82, 2.24) is 20.1 Å². The van der Waals surface area contributed by atoms with E-state index in [9.17, 15) is 4.79 Å². The van der Waals surface area contributed by atoms with Crippen LogP contribution in [0.3, 0.4) is 0 Å². The van der Waals surface area contributed by atoms with E-state index < -0.39 is 0 Å². The third-order valence-electron chi connectivity index (χ3n) is 4.39. The molecule has 3 aromatic rings. The molecule has 2 aromatic heterocycles. The largest absolute Gasteiger partial charge is 0.361 e. The van der Waals surface area contributed by atoms with Crippen LogP contribution < -0.4 is 10.6 Å². The van der Waals surface area contributed by atoms with Crippen molar-refractivity contribution in [3.05, 3.63) is 47.4 Å². The molecule has 24 heavy (non-hydrogen) atoms. The molecule has 0 aliphatic carbocycles. The molecule has 0 aliphatic rings. The molecule has 6 heteroatoms. The Hall–Kier alpha value is -2.76. The van der Waals surface area contributed by atoms with Gasteiger partial charge in [0.05, 0.1) is 11.4 Å². The van der Waals surface area contributed by atoms with Crippen molar-refractivity contribution in [3.8, 4) is 0 Å². The average Bonchev–Trinajstić information content (AvgIpc) is 3.09. The summed E-state index contributed by atoms with van der Waals surface area (Å²) in [5, 5.41) is 11.4. The summed E-state index contributed by atoms with van der Waals surface area (Å²) < 4.78 is 1.88. The van der Waals surface area contributed by atoms with Gasteiger partial charge in [-0.15, -0.1) is 0 Å². The van der Waals surface area contributed by atoms with Crippen LogP contribution in [-0.2, 0) is 13.5 Å². The Labute approximate surface area is 141 Å². The second-order valence-electron chi connectivity index (χ2n) is 6.22. The summed E-state index contributed by atoms with van der Waals surface area (Å²) in [4.78, 5) is 15.4. The number of H-pyrrole nitrogens is 1. The number of hydrogen-bond acceptors (Lipinski definition) is 2. The van der Waals surface area contributed by atoms with E-state index in [1.807, 2.05) is 56.0 Å². The fourth-order valence-corrected chi connectivity index (χ4v) is 3.05. The number of benzene rings is 1. The highest BCUT2D eigenvalue weighted by molar-refractivity contribution is 6.00. The number of anilines is 1. The SMILES string of the molecule is Cc1nn(C)c(C)c1C[C@H](C)NC(=O)Nc1cccc2[nH]ccc12. The average molecular weight is 325 g/mol. The zero-order chi connectivity index (χ0) is 17.3. The molecule has 6 nitrogen and oxygen atoms in total. The first-order chi connectivity index (χ1) is 11.5. The molecule has 2 amide bonds. The molecule has 2 heterocycles. The maximum Gasteiger partial charge on any atom is 0.319 e. The van der Waals surface area contributed by atoms with Gasteiger partial charge in [0.2, 0.25) is 0 Å². The van der Waals surface area contributed by atoms with Gasteiger partial charge in [-0.2, -0.15) is 5.10 Å². The van der Waals surface area contributed by atoms with E-state index in [2.05, 4.69) is 27.6 Å². The van der Waals surface area contributed by atoms with Crippen LogP contribution >= 0.6 is 0 Å². The Morgan fingerprint density at radius 3 is 2.83 bits per heavy atom. The quantitative estimate of drug-likeness (QED) is 0.688. The Balaban J connectivity index is 1.65. The van der Waals surface area contributed by atoms with Crippen LogP contribution in [0.5, 0.6) is 0 Å². The molecule has 0 saturated carbocycles. The van der Waals surface area contributed by atoms with E-state index in [0.717, 1.165) is 34.4 Å². The van der Waals surface area contributed by atoms with E-state index in [-0.39, 0.29) is 12.1 Å². The molecule has 3 N–H and O–H groups in total. The van der Waals surface area contributed by atoms with Gasteiger partial charge in [-0.05, 0) is 51.0 Å². The van der Waals surface area contributed by atoms with E-state index in [4.69, 9.17) is 0 Å². The van der Waals surface area contributed by atoms with Gasteiger partial charge in [0.25, 0.3) is 0 Å². The van der Waals surface area contributed by atoms with E-state index in [1.54, 1.807) is 0 Å². The van der Waals surface area contributed by atoms with Crippen molar-refractivity contribution < 1.29 is 4.79 Å². The fourth-order valence-electron chi connectivity index (χ4n) is 3.05. The summed E-state index contributed by atoms with van der Waals surface area (Å²) in [7, 11) is 1.94. The highest BCUT2D eigenvalue weighted by Gasteiger charge is 2.15. The molecule has 126 valence electrons. The van der Waals surface area contributed by atoms with E-state index in [1.165, 1.54) is 5.56 Å². The van der Waals surface area contributed by atoms with Crippen LogP contribution in [0.4, 0.5) is 10.5 Å². The van der Waals surface area contributed by atoms with Crippen LogP contribution in [-0.4, -0.2) is 26.8 Å². The number of urea groups is 1. The minimum atomic E-state index is -0.199. The van der Waals surface area contributed by atoms with Gasteiger partial charge in [-0.3, -0.25) is 4.68 Å². The number of nitrogens with zero attached hydrogens (tertiary/aromatic N) is 2. The first kappa shape index (κ1) is 16.1. The summed E-state index contributed by atoms with van der Waals surface area (Å²) >= 11 is 0. The molecule has 0 bridgehead atoms. The van der Waals surface area contributed by atoms with Crippen molar-refractivity contribution in [2.45, 2.75) is 33.2 Å². The highest BCUT2D eigenvalue weighted by atomic mass is 16.2. The molecular weight excluding hydrogens is 302 g/mol. The second-order valence-corrected chi connectivity index (χ2v) is 6.22. The second kappa shape index (κ2) is 6.39. The molecule has 0 saturated heterocycles. The first-order valence-electron chi connectivity index (χ1n) is 8.08. The van der Waals surface area contributed by atoms with Gasteiger partial charge in [-0.25, -0.2) is 4.79 Å². The number of nitrogens with one attached hydrogen (secondary N) is 3. The van der Waals surface area contributed by atoms with Gasteiger partial charge in [-0.1, -0.05) is 6.07 Å². The number of aromatic nitrogens is 3. The van der Waals surface area contributed by atoms with Crippen molar-refractivity contribution >= 4 is 22.6 Å². The van der Waals surface area contributed by atoms with Crippen LogP contribution in [0.1, 0.15) is 23.9 Å². The Morgan fingerprint density at radius 2 is 2.12 bits per heavy atom. The van der Waals surface area contributed by atoms with Crippen molar-refractivity contribution in [2.75, 3.05) is 5.32 Å².